The van der Waals surface area contributed by atoms with Gasteiger partial charge in [0, 0.05) is 21.2 Å². The molecule has 0 N–H and O–H groups in total. The summed E-state index contributed by atoms with van der Waals surface area (Å²) in [6.07, 6.45) is 0.452. The van der Waals surface area contributed by atoms with Crippen LogP contribution < -0.4 is 21.2 Å². The van der Waals surface area contributed by atoms with Gasteiger partial charge in [0.15, 0.2) is 0 Å². The van der Waals surface area contributed by atoms with Gasteiger partial charge in [-0.05, 0) is 55.0 Å². The molecule has 0 aliphatic heterocycles. The van der Waals surface area contributed by atoms with E-state index in [1.54, 1.807) is 0 Å². The Hall–Kier alpha value is -2.74. The fraction of sp³-hybridized carbons (Fsp3) is 0.111. The molecule has 0 amide bonds. The SMILES string of the molecule is O=P(OCCCOP(=O)(c1ccccc1)c1ccccc1)(c1ccccc1)c1ccccc1. The van der Waals surface area contributed by atoms with Crippen LogP contribution in [0.1, 0.15) is 6.42 Å². The second kappa shape index (κ2) is 10.9. The number of benzene rings is 4. The van der Waals surface area contributed by atoms with Crippen molar-refractivity contribution in [2.75, 3.05) is 13.2 Å². The van der Waals surface area contributed by atoms with Crippen molar-refractivity contribution in [3.05, 3.63) is 121 Å². The lowest BCUT2D eigenvalue weighted by molar-refractivity contribution is 0.259. The molecule has 0 aliphatic carbocycles. The lowest BCUT2D eigenvalue weighted by Crippen LogP contribution is -2.20. The normalized spacial score (nSPS) is 11.9. The van der Waals surface area contributed by atoms with E-state index < -0.39 is 14.7 Å². The highest BCUT2D eigenvalue weighted by Gasteiger charge is 2.30. The summed E-state index contributed by atoms with van der Waals surface area (Å²) in [5, 5.41) is 2.60. The van der Waals surface area contributed by atoms with Crippen molar-refractivity contribution >= 4 is 36.0 Å². The van der Waals surface area contributed by atoms with Crippen molar-refractivity contribution in [3.63, 3.8) is 0 Å². The van der Waals surface area contributed by atoms with Crippen molar-refractivity contribution in [1.82, 2.24) is 0 Å². The van der Waals surface area contributed by atoms with E-state index in [1.165, 1.54) is 0 Å². The Morgan fingerprint density at radius 1 is 0.424 bits per heavy atom. The molecule has 0 spiro atoms. The van der Waals surface area contributed by atoms with Gasteiger partial charge in [-0.25, -0.2) is 0 Å². The van der Waals surface area contributed by atoms with Crippen molar-refractivity contribution in [2.45, 2.75) is 6.42 Å². The maximum Gasteiger partial charge on any atom is 0.261 e. The van der Waals surface area contributed by atoms with E-state index in [9.17, 15) is 9.13 Å². The number of rotatable bonds is 10. The van der Waals surface area contributed by atoms with E-state index in [-0.39, 0.29) is 13.2 Å². The van der Waals surface area contributed by atoms with E-state index in [0.717, 1.165) is 0 Å². The van der Waals surface area contributed by atoms with Gasteiger partial charge in [-0.15, -0.1) is 0 Å². The van der Waals surface area contributed by atoms with Crippen LogP contribution in [0, 0.1) is 0 Å². The zero-order valence-electron chi connectivity index (χ0n) is 18.2. The minimum atomic E-state index is -3.25. The van der Waals surface area contributed by atoms with Crippen LogP contribution in [-0.2, 0) is 18.2 Å². The van der Waals surface area contributed by atoms with Crippen LogP contribution in [0.3, 0.4) is 0 Å². The molecule has 0 heterocycles. The Bertz CT molecular complexity index is 1040. The van der Waals surface area contributed by atoms with E-state index in [2.05, 4.69) is 0 Å². The summed E-state index contributed by atoms with van der Waals surface area (Å²) < 4.78 is 39.8. The smallest absolute Gasteiger partial charge is 0.261 e. The van der Waals surface area contributed by atoms with Crippen LogP contribution in [0.15, 0.2) is 121 Å². The molecule has 33 heavy (non-hydrogen) atoms. The van der Waals surface area contributed by atoms with E-state index in [1.807, 2.05) is 121 Å². The average Bonchev–Trinajstić information content (AvgIpc) is 2.90. The quantitative estimate of drug-likeness (QED) is 0.231. The lowest BCUT2D eigenvalue weighted by Gasteiger charge is -2.21. The molecular formula is C27H26O4P2. The lowest BCUT2D eigenvalue weighted by atomic mass is 10.4. The Morgan fingerprint density at radius 3 is 0.909 bits per heavy atom. The molecule has 6 heteroatoms. The van der Waals surface area contributed by atoms with Gasteiger partial charge in [0.1, 0.15) is 0 Å². The zero-order valence-corrected chi connectivity index (χ0v) is 20.0. The molecule has 0 saturated carbocycles. The van der Waals surface area contributed by atoms with Crippen molar-refractivity contribution in [2.24, 2.45) is 0 Å². The molecule has 0 aliphatic rings. The first-order valence-electron chi connectivity index (χ1n) is 10.8. The van der Waals surface area contributed by atoms with Crippen LogP contribution in [0.4, 0.5) is 0 Å². The summed E-state index contributed by atoms with van der Waals surface area (Å²) in [5.41, 5.74) is 0. The highest BCUT2D eigenvalue weighted by atomic mass is 31.2. The Morgan fingerprint density at radius 2 is 0.667 bits per heavy atom. The van der Waals surface area contributed by atoms with Gasteiger partial charge in [-0.2, -0.15) is 0 Å². The second-order valence-electron chi connectivity index (χ2n) is 7.47. The first-order valence-corrected chi connectivity index (χ1v) is 14.1. The summed E-state index contributed by atoms with van der Waals surface area (Å²) in [5.74, 6) is 0. The van der Waals surface area contributed by atoms with Gasteiger partial charge in [-0.1, -0.05) is 72.8 Å². The molecule has 4 nitrogen and oxygen atoms in total. The highest BCUT2D eigenvalue weighted by molar-refractivity contribution is 7.74. The number of hydrogen-bond acceptors (Lipinski definition) is 4. The van der Waals surface area contributed by atoms with Crippen LogP contribution in [0.2, 0.25) is 0 Å². The maximum atomic E-state index is 13.9. The molecular weight excluding hydrogens is 450 g/mol. The molecule has 0 saturated heterocycles. The zero-order chi connectivity index (χ0) is 23.0. The molecule has 0 fully saturated rings. The summed E-state index contributed by atoms with van der Waals surface area (Å²) in [7, 11) is -6.49. The Kier molecular flexibility index (Phi) is 7.75. The minimum absolute atomic E-state index is 0.213. The largest absolute Gasteiger partial charge is 0.322 e. The molecule has 0 unspecified atom stereocenters. The third-order valence-corrected chi connectivity index (χ3v) is 10.2. The Balaban J connectivity index is 1.47. The topological polar surface area (TPSA) is 52.6 Å². The summed E-state index contributed by atoms with van der Waals surface area (Å²) in [6.45, 7) is 0.426. The molecule has 0 radical (unpaired) electrons. The second-order valence-corrected chi connectivity index (χ2v) is 12.3. The summed E-state index contributed by atoms with van der Waals surface area (Å²) in [4.78, 5) is 0. The Labute approximate surface area is 195 Å². The molecule has 0 aromatic heterocycles. The third kappa shape index (κ3) is 5.43. The molecule has 0 atom stereocenters. The van der Waals surface area contributed by atoms with Gasteiger partial charge in [-0.3, -0.25) is 9.13 Å². The minimum Gasteiger partial charge on any atom is -0.322 e. The first kappa shape index (κ1) is 23.4. The number of hydrogen-bond donors (Lipinski definition) is 0. The molecule has 4 rings (SSSR count). The first-order chi connectivity index (χ1) is 16.1. The van der Waals surface area contributed by atoms with E-state index in [0.29, 0.717) is 27.6 Å². The fourth-order valence-corrected chi connectivity index (χ4v) is 7.76. The van der Waals surface area contributed by atoms with Gasteiger partial charge in [0.25, 0.3) is 14.7 Å². The fourth-order valence-electron chi connectivity index (χ4n) is 3.54. The molecule has 0 bridgehead atoms. The highest BCUT2D eigenvalue weighted by Crippen LogP contribution is 2.46. The van der Waals surface area contributed by atoms with E-state index >= 15 is 0 Å². The predicted octanol–water partition coefficient (Wildman–Crippen LogP) is 5.27. The van der Waals surface area contributed by atoms with E-state index in [4.69, 9.17) is 9.05 Å². The van der Waals surface area contributed by atoms with Crippen molar-refractivity contribution in [3.8, 4) is 0 Å². The van der Waals surface area contributed by atoms with Gasteiger partial charge >= 0.3 is 0 Å². The molecule has 4 aromatic rings. The standard InChI is InChI=1S/C27H26O4P2/c28-32(24-14-5-1-6-15-24,25-16-7-2-8-17-25)30-22-13-23-31-33(29,26-18-9-3-10-19-26)27-20-11-4-12-21-27/h1-12,14-21H,13,22-23H2. The van der Waals surface area contributed by atoms with Gasteiger partial charge < -0.3 is 9.05 Å². The van der Waals surface area contributed by atoms with Crippen LogP contribution in [-0.4, -0.2) is 13.2 Å². The average molecular weight is 476 g/mol. The maximum absolute atomic E-state index is 13.9. The van der Waals surface area contributed by atoms with Gasteiger partial charge in [0.2, 0.25) is 0 Å². The van der Waals surface area contributed by atoms with Crippen molar-refractivity contribution in [1.29, 1.82) is 0 Å². The van der Waals surface area contributed by atoms with Crippen LogP contribution >= 0.6 is 14.7 Å². The molecule has 4 aromatic carbocycles. The third-order valence-electron chi connectivity index (χ3n) is 5.22. The van der Waals surface area contributed by atoms with Crippen molar-refractivity contribution < 1.29 is 18.2 Å². The predicted molar refractivity (Wildman–Crippen MR) is 136 cm³/mol. The van der Waals surface area contributed by atoms with Crippen LogP contribution in [0.25, 0.3) is 0 Å². The monoisotopic (exact) mass is 476 g/mol. The van der Waals surface area contributed by atoms with Gasteiger partial charge in [0.05, 0.1) is 13.2 Å². The summed E-state index contributed by atoms with van der Waals surface area (Å²) in [6, 6.07) is 37.0. The molecule has 168 valence electrons. The summed E-state index contributed by atoms with van der Waals surface area (Å²) >= 11 is 0. The van der Waals surface area contributed by atoms with Crippen LogP contribution in [0.5, 0.6) is 0 Å².